The van der Waals surface area contributed by atoms with Gasteiger partial charge in [0.15, 0.2) is 0 Å². The molecule has 0 spiro atoms. The number of ether oxygens (including phenoxy) is 1. The van der Waals surface area contributed by atoms with E-state index < -0.39 is 0 Å². The van der Waals surface area contributed by atoms with Crippen LogP contribution in [-0.2, 0) is 9.53 Å². The van der Waals surface area contributed by atoms with Gasteiger partial charge in [0.2, 0.25) is 0 Å². The summed E-state index contributed by atoms with van der Waals surface area (Å²) < 4.78 is 5.83. The molecule has 1 atom stereocenters. The van der Waals surface area contributed by atoms with Crippen LogP contribution in [0.25, 0.3) is 0 Å². The lowest BCUT2D eigenvalue weighted by Crippen LogP contribution is -2.30. The van der Waals surface area contributed by atoms with Gasteiger partial charge in [-0.25, -0.2) is 4.79 Å². The van der Waals surface area contributed by atoms with Crippen molar-refractivity contribution in [2.75, 3.05) is 12.4 Å². The number of hydrogen-bond donors (Lipinski definition) is 1. The maximum atomic E-state index is 11.7. The van der Waals surface area contributed by atoms with E-state index in [1.807, 2.05) is 25.1 Å². The van der Waals surface area contributed by atoms with Crippen molar-refractivity contribution in [2.45, 2.75) is 39.2 Å². The Hall–Kier alpha value is -1.03. The molecule has 1 rings (SSSR count). The fourth-order valence-electron chi connectivity index (χ4n) is 1.74. The first-order valence-electron chi connectivity index (χ1n) is 6.19. The van der Waals surface area contributed by atoms with Crippen molar-refractivity contribution in [2.24, 2.45) is 0 Å². The lowest BCUT2D eigenvalue weighted by atomic mass is 10.1. The van der Waals surface area contributed by atoms with Crippen molar-refractivity contribution in [3.8, 4) is 0 Å². The quantitative estimate of drug-likeness (QED) is 0.809. The fraction of sp³-hybridized carbons (Fsp3) is 0.500. The van der Waals surface area contributed by atoms with Crippen LogP contribution in [0.15, 0.2) is 22.7 Å². The van der Waals surface area contributed by atoms with Gasteiger partial charge >= 0.3 is 5.97 Å². The molecule has 3 nitrogen and oxygen atoms in total. The van der Waals surface area contributed by atoms with E-state index in [1.165, 1.54) is 7.11 Å². The molecule has 100 valence electrons. The second kappa shape index (κ2) is 7.41. The third-order valence-corrected chi connectivity index (χ3v) is 3.35. The molecule has 0 saturated heterocycles. The van der Waals surface area contributed by atoms with Gasteiger partial charge in [-0.05, 0) is 31.0 Å². The van der Waals surface area contributed by atoms with Crippen LogP contribution >= 0.6 is 15.9 Å². The average Bonchev–Trinajstić information content (AvgIpc) is 2.37. The summed E-state index contributed by atoms with van der Waals surface area (Å²) in [5, 5.41) is 3.27. The van der Waals surface area contributed by atoms with Gasteiger partial charge in [0.25, 0.3) is 0 Å². The summed E-state index contributed by atoms with van der Waals surface area (Å²) in [7, 11) is 1.43. The van der Waals surface area contributed by atoms with Crippen LogP contribution in [0.2, 0.25) is 0 Å². The molecular weight excluding hydrogens is 294 g/mol. The number of nitrogens with one attached hydrogen (secondary N) is 1. The molecule has 0 bridgehead atoms. The van der Waals surface area contributed by atoms with Gasteiger partial charge in [-0.1, -0.05) is 41.8 Å². The Balaban J connectivity index is 2.81. The van der Waals surface area contributed by atoms with Crippen molar-refractivity contribution >= 4 is 27.6 Å². The Morgan fingerprint density at radius 1 is 1.50 bits per heavy atom. The van der Waals surface area contributed by atoms with Gasteiger partial charge in [0.05, 0.1) is 7.11 Å². The first-order valence-corrected chi connectivity index (χ1v) is 6.98. The highest BCUT2D eigenvalue weighted by atomic mass is 79.9. The molecule has 0 aliphatic heterocycles. The zero-order valence-electron chi connectivity index (χ0n) is 11.1. The molecule has 0 heterocycles. The van der Waals surface area contributed by atoms with Crippen LogP contribution in [0.3, 0.4) is 0 Å². The normalized spacial score (nSPS) is 12.0. The molecular formula is C14H20BrNO2. The number of halogens is 1. The molecule has 0 radical (unpaired) electrons. The van der Waals surface area contributed by atoms with E-state index in [2.05, 4.69) is 28.2 Å². The van der Waals surface area contributed by atoms with Gasteiger partial charge in [-0.2, -0.15) is 0 Å². The molecule has 1 unspecified atom stereocenters. The second-order valence-corrected chi connectivity index (χ2v) is 5.24. The summed E-state index contributed by atoms with van der Waals surface area (Å²) >= 11 is 3.44. The Kier molecular flexibility index (Phi) is 6.19. The molecule has 1 N–H and O–H groups in total. The molecule has 0 fully saturated rings. The fourth-order valence-corrected chi connectivity index (χ4v) is 2.10. The molecule has 0 aliphatic rings. The number of benzene rings is 1. The summed E-state index contributed by atoms with van der Waals surface area (Å²) in [6.07, 6.45) is 2.85. The summed E-state index contributed by atoms with van der Waals surface area (Å²) in [5.41, 5.74) is 2.08. The first-order chi connectivity index (χ1) is 8.58. The largest absolute Gasteiger partial charge is 0.467 e. The number of rotatable bonds is 6. The Labute approximate surface area is 117 Å². The predicted molar refractivity (Wildman–Crippen MR) is 77.8 cm³/mol. The number of carbonyl (C=O) groups excluding carboxylic acids is 1. The topological polar surface area (TPSA) is 38.3 Å². The van der Waals surface area contributed by atoms with Crippen LogP contribution in [0.5, 0.6) is 0 Å². The van der Waals surface area contributed by atoms with E-state index in [9.17, 15) is 4.79 Å². The van der Waals surface area contributed by atoms with E-state index in [-0.39, 0.29) is 12.0 Å². The van der Waals surface area contributed by atoms with Crippen LogP contribution in [0.1, 0.15) is 31.7 Å². The van der Waals surface area contributed by atoms with Crippen molar-refractivity contribution < 1.29 is 9.53 Å². The minimum Gasteiger partial charge on any atom is -0.467 e. The number of unbranched alkanes of at least 4 members (excludes halogenated alkanes) is 1. The molecule has 18 heavy (non-hydrogen) atoms. The van der Waals surface area contributed by atoms with E-state index in [0.29, 0.717) is 0 Å². The van der Waals surface area contributed by atoms with Gasteiger partial charge in [-0.15, -0.1) is 0 Å². The second-order valence-electron chi connectivity index (χ2n) is 4.32. The lowest BCUT2D eigenvalue weighted by Gasteiger charge is -2.19. The minimum atomic E-state index is -0.275. The van der Waals surface area contributed by atoms with Crippen molar-refractivity contribution in [1.82, 2.24) is 0 Å². The highest BCUT2D eigenvalue weighted by Crippen LogP contribution is 2.22. The molecule has 0 aromatic heterocycles. The van der Waals surface area contributed by atoms with E-state index in [0.717, 1.165) is 35.0 Å². The van der Waals surface area contributed by atoms with Gasteiger partial charge in [0.1, 0.15) is 6.04 Å². The summed E-state index contributed by atoms with van der Waals surface area (Å²) in [5.74, 6) is -0.206. The monoisotopic (exact) mass is 313 g/mol. The van der Waals surface area contributed by atoms with E-state index in [4.69, 9.17) is 4.74 Å². The molecule has 0 amide bonds. The minimum absolute atomic E-state index is 0.206. The summed E-state index contributed by atoms with van der Waals surface area (Å²) in [6, 6.07) is 5.71. The number of esters is 1. The van der Waals surface area contributed by atoms with E-state index >= 15 is 0 Å². The number of carbonyl (C=O) groups is 1. The van der Waals surface area contributed by atoms with Gasteiger partial charge in [0, 0.05) is 10.2 Å². The number of methoxy groups -OCH3 is 1. The molecule has 1 aromatic rings. The maximum absolute atomic E-state index is 11.7. The standard InChI is InChI=1S/C14H20BrNO2/c1-4-5-6-12(14(17)18-3)16-13-9-11(15)8-7-10(13)2/h7-9,12,16H,4-6H2,1-3H3. The Morgan fingerprint density at radius 3 is 2.83 bits per heavy atom. The molecule has 4 heteroatoms. The number of hydrogen-bond acceptors (Lipinski definition) is 3. The molecule has 1 aromatic carbocycles. The number of aryl methyl sites for hydroxylation is 1. The van der Waals surface area contributed by atoms with Gasteiger partial charge in [-0.3, -0.25) is 0 Å². The SMILES string of the molecule is CCCCC(Nc1cc(Br)ccc1C)C(=O)OC. The van der Waals surface area contributed by atoms with Crippen LogP contribution in [0, 0.1) is 6.92 Å². The van der Waals surface area contributed by atoms with Crippen LogP contribution in [-0.4, -0.2) is 19.1 Å². The highest BCUT2D eigenvalue weighted by molar-refractivity contribution is 9.10. The van der Waals surface area contributed by atoms with Crippen molar-refractivity contribution in [3.05, 3.63) is 28.2 Å². The van der Waals surface area contributed by atoms with Crippen LogP contribution in [0.4, 0.5) is 5.69 Å². The average molecular weight is 314 g/mol. The first kappa shape index (κ1) is 15.0. The zero-order chi connectivity index (χ0) is 13.5. The molecule has 0 saturated carbocycles. The highest BCUT2D eigenvalue weighted by Gasteiger charge is 2.18. The molecule has 0 aliphatic carbocycles. The van der Waals surface area contributed by atoms with Crippen LogP contribution < -0.4 is 5.32 Å². The summed E-state index contributed by atoms with van der Waals surface area (Å²) in [6.45, 7) is 4.13. The van der Waals surface area contributed by atoms with Crippen molar-refractivity contribution in [3.63, 3.8) is 0 Å². The number of anilines is 1. The smallest absolute Gasteiger partial charge is 0.328 e. The Morgan fingerprint density at radius 2 is 2.22 bits per heavy atom. The van der Waals surface area contributed by atoms with Gasteiger partial charge < -0.3 is 10.1 Å². The third kappa shape index (κ3) is 4.33. The van der Waals surface area contributed by atoms with Crippen molar-refractivity contribution in [1.29, 1.82) is 0 Å². The third-order valence-electron chi connectivity index (χ3n) is 2.86. The summed E-state index contributed by atoms with van der Waals surface area (Å²) in [4.78, 5) is 11.7. The van der Waals surface area contributed by atoms with E-state index in [1.54, 1.807) is 0 Å². The maximum Gasteiger partial charge on any atom is 0.328 e. The lowest BCUT2D eigenvalue weighted by molar-refractivity contribution is -0.141. The Bertz CT molecular complexity index is 407. The zero-order valence-corrected chi connectivity index (χ0v) is 12.7. The predicted octanol–water partition coefficient (Wildman–Crippen LogP) is 3.90.